The lowest BCUT2D eigenvalue weighted by atomic mass is 10.1. The topological polar surface area (TPSA) is 96.4 Å². The van der Waals surface area contributed by atoms with Crippen molar-refractivity contribution in [1.29, 1.82) is 0 Å². The van der Waals surface area contributed by atoms with E-state index in [1.54, 1.807) is 49.4 Å². The maximum atomic E-state index is 12.7. The van der Waals surface area contributed by atoms with E-state index in [1.807, 2.05) is 0 Å². The van der Waals surface area contributed by atoms with Crippen molar-refractivity contribution in [2.75, 3.05) is 11.3 Å². The first-order valence-electron chi connectivity index (χ1n) is 9.46. The van der Waals surface area contributed by atoms with Crippen LogP contribution in [0.5, 0.6) is 0 Å². The van der Waals surface area contributed by atoms with Crippen molar-refractivity contribution in [3.8, 4) is 0 Å². The summed E-state index contributed by atoms with van der Waals surface area (Å²) in [5.41, 5.74) is 2.31. The Morgan fingerprint density at radius 3 is 2.45 bits per heavy atom. The molecule has 1 aromatic heterocycles. The molecule has 0 saturated carbocycles. The maximum Gasteiger partial charge on any atom is 0.280 e. The molecule has 0 spiro atoms. The molecule has 2 aromatic carbocycles. The van der Waals surface area contributed by atoms with Gasteiger partial charge in [-0.3, -0.25) is 24.2 Å². The highest BCUT2D eigenvalue weighted by atomic mass is 35.5. The Balaban J connectivity index is 1.45. The van der Waals surface area contributed by atoms with Crippen molar-refractivity contribution in [2.24, 2.45) is 0 Å². The SMILES string of the molecule is Cc1c(Cl)cccc1NS(=O)(=O)c1ccc(CCN2C(=O)c3cccnc3C2=O)cc1. The second-order valence-electron chi connectivity index (χ2n) is 7.07. The molecule has 1 aliphatic rings. The minimum atomic E-state index is -3.79. The van der Waals surface area contributed by atoms with Gasteiger partial charge >= 0.3 is 0 Å². The summed E-state index contributed by atoms with van der Waals surface area (Å²) in [4.78, 5) is 30.0. The minimum absolute atomic E-state index is 0.0977. The number of halogens is 1. The van der Waals surface area contributed by atoms with Gasteiger partial charge in [0, 0.05) is 17.8 Å². The summed E-state index contributed by atoms with van der Waals surface area (Å²) in [7, 11) is -3.79. The van der Waals surface area contributed by atoms with Crippen molar-refractivity contribution in [3.05, 3.63) is 88.2 Å². The molecule has 31 heavy (non-hydrogen) atoms. The van der Waals surface area contributed by atoms with Gasteiger partial charge in [-0.15, -0.1) is 0 Å². The number of fused-ring (bicyclic) bond motifs is 1. The predicted octanol–water partition coefficient (Wildman–Crippen LogP) is 3.68. The van der Waals surface area contributed by atoms with E-state index in [2.05, 4.69) is 9.71 Å². The molecule has 1 aliphatic heterocycles. The fourth-order valence-electron chi connectivity index (χ4n) is 3.31. The lowest BCUT2D eigenvalue weighted by Gasteiger charge is -2.14. The van der Waals surface area contributed by atoms with Crippen LogP contribution >= 0.6 is 11.6 Å². The number of rotatable bonds is 6. The van der Waals surface area contributed by atoms with Crippen molar-refractivity contribution < 1.29 is 18.0 Å². The zero-order chi connectivity index (χ0) is 22.2. The molecular weight excluding hydrogens is 438 g/mol. The van der Waals surface area contributed by atoms with E-state index in [9.17, 15) is 18.0 Å². The fourth-order valence-corrected chi connectivity index (χ4v) is 4.61. The van der Waals surface area contributed by atoms with Gasteiger partial charge in [0.25, 0.3) is 21.8 Å². The standard InChI is InChI=1S/C22H18ClN3O4S/c1-14-18(23)5-2-6-19(14)25-31(29,30)16-9-7-15(8-10-16)11-13-26-21(27)17-4-3-12-24-20(17)22(26)28/h2-10,12,25H,11,13H2,1H3. The molecule has 0 fully saturated rings. The number of benzene rings is 2. The first-order valence-corrected chi connectivity index (χ1v) is 11.3. The number of aromatic nitrogens is 1. The Kier molecular flexibility index (Phi) is 5.51. The summed E-state index contributed by atoms with van der Waals surface area (Å²) in [6.07, 6.45) is 1.87. The van der Waals surface area contributed by atoms with E-state index in [1.165, 1.54) is 18.3 Å². The van der Waals surface area contributed by atoms with E-state index in [0.29, 0.717) is 28.3 Å². The van der Waals surface area contributed by atoms with Crippen LogP contribution in [0.4, 0.5) is 5.69 Å². The van der Waals surface area contributed by atoms with Crippen LogP contribution in [0.3, 0.4) is 0 Å². The van der Waals surface area contributed by atoms with Crippen LogP contribution in [-0.4, -0.2) is 36.7 Å². The van der Waals surface area contributed by atoms with Crippen LogP contribution in [0.25, 0.3) is 0 Å². The lowest BCUT2D eigenvalue weighted by molar-refractivity contribution is 0.0654. The summed E-state index contributed by atoms with van der Waals surface area (Å²) < 4.78 is 27.9. The molecule has 3 aromatic rings. The monoisotopic (exact) mass is 455 g/mol. The number of carbonyl (C=O) groups excluding carboxylic acids is 2. The number of sulfonamides is 1. The highest BCUT2D eigenvalue weighted by Crippen LogP contribution is 2.26. The van der Waals surface area contributed by atoms with Crippen molar-refractivity contribution >= 4 is 39.1 Å². The molecular formula is C22H18ClN3O4S. The van der Waals surface area contributed by atoms with Gasteiger partial charge in [0.15, 0.2) is 0 Å². The Morgan fingerprint density at radius 2 is 1.74 bits per heavy atom. The highest BCUT2D eigenvalue weighted by Gasteiger charge is 2.36. The predicted molar refractivity (Wildman–Crippen MR) is 117 cm³/mol. The molecule has 7 nitrogen and oxygen atoms in total. The van der Waals surface area contributed by atoms with E-state index in [4.69, 9.17) is 11.6 Å². The number of carbonyl (C=O) groups is 2. The molecule has 4 rings (SSSR count). The Labute approximate surface area is 184 Å². The number of hydrogen-bond donors (Lipinski definition) is 1. The van der Waals surface area contributed by atoms with Crippen LogP contribution in [0, 0.1) is 6.92 Å². The third-order valence-electron chi connectivity index (χ3n) is 5.10. The van der Waals surface area contributed by atoms with Gasteiger partial charge in [-0.25, -0.2) is 8.42 Å². The molecule has 9 heteroatoms. The van der Waals surface area contributed by atoms with E-state index < -0.39 is 15.9 Å². The molecule has 2 heterocycles. The number of amides is 2. The average Bonchev–Trinajstić information content (AvgIpc) is 3.00. The van der Waals surface area contributed by atoms with Gasteiger partial charge in [-0.05, 0) is 60.9 Å². The van der Waals surface area contributed by atoms with Gasteiger partial charge in [0.1, 0.15) is 5.69 Å². The number of hydrogen-bond acceptors (Lipinski definition) is 5. The van der Waals surface area contributed by atoms with E-state index in [-0.39, 0.29) is 23.0 Å². The molecule has 0 atom stereocenters. The summed E-state index contributed by atoms with van der Waals surface area (Å²) in [6.45, 7) is 1.91. The number of nitrogens with zero attached hydrogens (tertiary/aromatic N) is 2. The summed E-state index contributed by atoms with van der Waals surface area (Å²) in [6, 6.07) is 14.5. The van der Waals surface area contributed by atoms with Crippen LogP contribution < -0.4 is 4.72 Å². The zero-order valence-corrected chi connectivity index (χ0v) is 18.1. The first kappa shape index (κ1) is 21.0. The number of nitrogens with one attached hydrogen (secondary N) is 1. The third kappa shape index (κ3) is 4.04. The van der Waals surface area contributed by atoms with Crippen LogP contribution in [0.1, 0.15) is 32.0 Å². The van der Waals surface area contributed by atoms with Crippen molar-refractivity contribution in [1.82, 2.24) is 9.88 Å². The molecule has 0 radical (unpaired) electrons. The van der Waals surface area contributed by atoms with Gasteiger partial charge in [-0.2, -0.15) is 0 Å². The van der Waals surface area contributed by atoms with Gasteiger partial charge < -0.3 is 0 Å². The Hall–Kier alpha value is -3.23. The molecule has 0 saturated heterocycles. The summed E-state index contributed by atoms with van der Waals surface area (Å²) in [5.74, 6) is -0.783. The second kappa shape index (κ2) is 8.13. The minimum Gasteiger partial charge on any atom is -0.279 e. The van der Waals surface area contributed by atoms with Crippen LogP contribution in [0.15, 0.2) is 65.7 Å². The zero-order valence-electron chi connectivity index (χ0n) is 16.5. The smallest absolute Gasteiger partial charge is 0.279 e. The number of imide groups is 1. The van der Waals surface area contributed by atoms with E-state index >= 15 is 0 Å². The van der Waals surface area contributed by atoms with Gasteiger partial charge in [0.2, 0.25) is 0 Å². The molecule has 2 amide bonds. The largest absolute Gasteiger partial charge is 0.280 e. The molecule has 158 valence electrons. The second-order valence-corrected chi connectivity index (χ2v) is 9.16. The molecule has 0 unspecified atom stereocenters. The fraction of sp³-hybridized carbons (Fsp3) is 0.136. The van der Waals surface area contributed by atoms with E-state index in [0.717, 1.165) is 10.5 Å². The molecule has 1 N–H and O–H groups in total. The van der Waals surface area contributed by atoms with Crippen LogP contribution in [0.2, 0.25) is 5.02 Å². The molecule has 0 aliphatic carbocycles. The first-order chi connectivity index (χ1) is 14.8. The normalized spacial score (nSPS) is 13.4. The van der Waals surface area contributed by atoms with Crippen LogP contribution in [-0.2, 0) is 16.4 Å². The summed E-state index contributed by atoms with van der Waals surface area (Å²) >= 11 is 6.06. The average molecular weight is 456 g/mol. The molecule has 0 bridgehead atoms. The van der Waals surface area contributed by atoms with Crippen molar-refractivity contribution in [3.63, 3.8) is 0 Å². The number of pyridine rings is 1. The van der Waals surface area contributed by atoms with Gasteiger partial charge in [-0.1, -0.05) is 29.8 Å². The quantitative estimate of drug-likeness (QED) is 0.572. The Morgan fingerprint density at radius 1 is 1.00 bits per heavy atom. The number of anilines is 1. The third-order valence-corrected chi connectivity index (χ3v) is 6.89. The van der Waals surface area contributed by atoms with Gasteiger partial charge in [0.05, 0.1) is 16.1 Å². The lowest BCUT2D eigenvalue weighted by Crippen LogP contribution is -2.31. The summed E-state index contributed by atoms with van der Waals surface area (Å²) in [5, 5.41) is 0.471. The maximum absolute atomic E-state index is 12.7. The highest BCUT2D eigenvalue weighted by molar-refractivity contribution is 7.92. The van der Waals surface area contributed by atoms with Crippen molar-refractivity contribution in [2.45, 2.75) is 18.2 Å². The Bertz CT molecular complexity index is 1260.